The topological polar surface area (TPSA) is 62.3 Å². The summed E-state index contributed by atoms with van der Waals surface area (Å²) in [7, 11) is 0. The van der Waals surface area contributed by atoms with Crippen LogP contribution in [-0.4, -0.2) is 53.1 Å². The molecule has 2 aliphatic rings. The number of hydrogen-bond donors (Lipinski definition) is 1. The molecule has 2 fully saturated rings. The number of piperidine rings is 1. The molecule has 0 bridgehead atoms. The van der Waals surface area contributed by atoms with Crippen LogP contribution in [0, 0.1) is 0 Å². The molecule has 0 aromatic heterocycles. The van der Waals surface area contributed by atoms with Crippen LogP contribution in [0.15, 0.2) is 0 Å². The monoisotopic (exact) mass is 215 g/mol. The molecular formula is C10H17NO4. The summed E-state index contributed by atoms with van der Waals surface area (Å²) >= 11 is 0. The number of aliphatic hydroxyl groups excluding tert-OH is 1. The molecule has 1 amide bonds. The van der Waals surface area contributed by atoms with Crippen LogP contribution in [0.4, 0.5) is 4.79 Å². The number of carbonyl (C=O) groups excluding carboxylic acids is 1. The summed E-state index contributed by atoms with van der Waals surface area (Å²) in [4.78, 5) is 13.2. The zero-order chi connectivity index (χ0) is 11.2. The zero-order valence-corrected chi connectivity index (χ0v) is 9.27. The lowest BCUT2D eigenvalue weighted by Gasteiger charge is -2.30. The van der Waals surface area contributed by atoms with E-state index in [0.717, 1.165) is 0 Å². The van der Waals surface area contributed by atoms with Crippen molar-refractivity contribution in [3.05, 3.63) is 0 Å². The van der Waals surface area contributed by atoms with Gasteiger partial charge in [0.15, 0.2) is 0 Å². The van der Waals surface area contributed by atoms with Gasteiger partial charge in [0.05, 0.1) is 13.1 Å². The molecule has 5 heteroatoms. The summed E-state index contributed by atoms with van der Waals surface area (Å²) in [5.41, 5.74) is -0.497. The zero-order valence-electron chi connectivity index (χ0n) is 9.27. The van der Waals surface area contributed by atoms with E-state index in [0.29, 0.717) is 13.1 Å². The molecule has 2 heterocycles. The first-order valence-corrected chi connectivity index (χ1v) is 5.18. The van der Waals surface area contributed by atoms with Gasteiger partial charge in [-0.05, 0) is 20.8 Å². The first kappa shape index (κ1) is 10.7. The van der Waals surface area contributed by atoms with Crippen LogP contribution in [-0.2, 0) is 9.47 Å². The number of epoxide rings is 1. The maximum absolute atomic E-state index is 11.7. The number of nitrogens with zero attached hydrogens (tertiary/aromatic N) is 1. The fourth-order valence-electron chi connectivity index (χ4n) is 1.74. The van der Waals surface area contributed by atoms with E-state index >= 15 is 0 Å². The first-order chi connectivity index (χ1) is 6.87. The Hall–Kier alpha value is -0.810. The van der Waals surface area contributed by atoms with E-state index in [4.69, 9.17) is 9.47 Å². The van der Waals surface area contributed by atoms with E-state index in [9.17, 15) is 9.90 Å². The lowest BCUT2D eigenvalue weighted by molar-refractivity contribution is 0.00909. The average Bonchev–Trinajstić information content (AvgIpc) is 2.79. The molecular weight excluding hydrogens is 198 g/mol. The molecule has 3 atom stereocenters. The minimum Gasteiger partial charge on any atom is -0.444 e. The van der Waals surface area contributed by atoms with E-state index < -0.39 is 11.7 Å². The second-order valence-electron chi connectivity index (χ2n) is 5.09. The average molecular weight is 215 g/mol. The van der Waals surface area contributed by atoms with Crippen molar-refractivity contribution in [2.24, 2.45) is 0 Å². The Balaban J connectivity index is 1.90. The van der Waals surface area contributed by atoms with Crippen LogP contribution in [0.5, 0.6) is 0 Å². The highest BCUT2D eigenvalue weighted by Crippen LogP contribution is 2.31. The molecule has 0 unspecified atom stereocenters. The van der Waals surface area contributed by atoms with Crippen molar-refractivity contribution in [1.82, 2.24) is 4.90 Å². The summed E-state index contributed by atoms with van der Waals surface area (Å²) in [5.74, 6) is 0. The SMILES string of the molecule is CC(C)(C)OC(=O)N1C[C@H](O)[C@@H]2O[C@@H]2C1. The molecule has 0 saturated carbocycles. The summed E-state index contributed by atoms with van der Waals surface area (Å²) in [6.45, 7) is 6.29. The van der Waals surface area contributed by atoms with Gasteiger partial charge in [0.25, 0.3) is 0 Å². The molecule has 0 aliphatic carbocycles. The van der Waals surface area contributed by atoms with Crippen LogP contribution in [0.25, 0.3) is 0 Å². The highest BCUT2D eigenvalue weighted by molar-refractivity contribution is 5.68. The van der Waals surface area contributed by atoms with Crippen LogP contribution in [0.3, 0.4) is 0 Å². The number of likely N-dealkylation sites (tertiary alicyclic amines) is 1. The Morgan fingerprint density at radius 1 is 1.47 bits per heavy atom. The van der Waals surface area contributed by atoms with Gasteiger partial charge in [0.2, 0.25) is 0 Å². The van der Waals surface area contributed by atoms with E-state index in [2.05, 4.69) is 0 Å². The third kappa shape index (κ3) is 2.41. The van der Waals surface area contributed by atoms with Crippen molar-refractivity contribution >= 4 is 6.09 Å². The van der Waals surface area contributed by atoms with Crippen molar-refractivity contribution in [1.29, 1.82) is 0 Å². The predicted octanol–water partition coefficient (Wildman–Crippen LogP) is 0.365. The third-order valence-electron chi connectivity index (χ3n) is 2.46. The summed E-state index contributed by atoms with van der Waals surface area (Å²) in [6.07, 6.45) is -1.02. The van der Waals surface area contributed by atoms with Gasteiger partial charge in [0.1, 0.15) is 23.9 Å². The maximum Gasteiger partial charge on any atom is 0.410 e. The van der Waals surface area contributed by atoms with Gasteiger partial charge in [-0.15, -0.1) is 0 Å². The number of aliphatic hydroxyl groups is 1. The van der Waals surface area contributed by atoms with Gasteiger partial charge >= 0.3 is 6.09 Å². The van der Waals surface area contributed by atoms with Gasteiger partial charge in [-0.3, -0.25) is 0 Å². The van der Waals surface area contributed by atoms with Crippen molar-refractivity contribution in [3.63, 3.8) is 0 Å². The van der Waals surface area contributed by atoms with E-state index in [1.807, 2.05) is 20.8 Å². The van der Waals surface area contributed by atoms with Crippen molar-refractivity contribution < 1.29 is 19.4 Å². The molecule has 15 heavy (non-hydrogen) atoms. The van der Waals surface area contributed by atoms with Gasteiger partial charge < -0.3 is 19.5 Å². The number of carbonyl (C=O) groups is 1. The van der Waals surface area contributed by atoms with Crippen molar-refractivity contribution in [2.45, 2.75) is 44.7 Å². The fraction of sp³-hybridized carbons (Fsp3) is 0.900. The molecule has 2 saturated heterocycles. The Kier molecular flexibility index (Phi) is 2.39. The van der Waals surface area contributed by atoms with Crippen LogP contribution in [0.2, 0.25) is 0 Å². The smallest absolute Gasteiger partial charge is 0.410 e. The van der Waals surface area contributed by atoms with Gasteiger partial charge in [-0.25, -0.2) is 4.79 Å². The predicted molar refractivity (Wildman–Crippen MR) is 52.5 cm³/mol. The number of rotatable bonds is 0. The molecule has 86 valence electrons. The Morgan fingerprint density at radius 2 is 2.13 bits per heavy atom. The Bertz CT molecular complexity index is 273. The summed E-state index contributed by atoms with van der Waals surface area (Å²) in [6, 6.07) is 0. The number of amides is 1. The van der Waals surface area contributed by atoms with Crippen LogP contribution < -0.4 is 0 Å². The number of hydrogen-bond acceptors (Lipinski definition) is 4. The molecule has 0 aromatic rings. The number of ether oxygens (including phenoxy) is 2. The highest BCUT2D eigenvalue weighted by atomic mass is 16.6. The maximum atomic E-state index is 11.7. The lowest BCUT2D eigenvalue weighted by atomic mass is 10.1. The second kappa shape index (κ2) is 3.35. The third-order valence-corrected chi connectivity index (χ3v) is 2.46. The lowest BCUT2D eigenvalue weighted by Crippen LogP contribution is -2.48. The molecule has 0 radical (unpaired) electrons. The largest absolute Gasteiger partial charge is 0.444 e. The van der Waals surface area contributed by atoms with Crippen LogP contribution >= 0.6 is 0 Å². The number of fused-ring (bicyclic) bond motifs is 1. The molecule has 1 N–H and O–H groups in total. The van der Waals surface area contributed by atoms with E-state index in [-0.39, 0.29) is 18.3 Å². The molecule has 5 nitrogen and oxygen atoms in total. The minimum atomic E-state index is -0.573. The first-order valence-electron chi connectivity index (χ1n) is 5.18. The van der Waals surface area contributed by atoms with Gasteiger partial charge in [-0.2, -0.15) is 0 Å². The molecule has 0 spiro atoms. The van der Waals surface area contributed by atoms with Crippen molar-refractivity contribution in [2.75, 3.05) is 13.1 Å². The summed E-state index contributed by atoms with van der Waals surface area (Å²) < 4.78 is 10.4. The second-order valence-corrected chi connectivity index (χ2v) is 5.09. The van der Waals surface area contributed by atoms with Gasteiger partial charge in [0, 0.05) is 0 Å². The van der Waals surface area contributed by atoms with Crippen molar-refractivity contribution in [3.8, 4) is 0 Å². The fourth-order valence-corrected chi connectivity index (χ4v) is 1.74. The number of β-amino-alcohol motifs (C(OH)–C–C–N with tert-alkyl or cyclic N) is 1. The van der Waals surface area contributed by atoms with E-state index in [1.54, 1.807) is 0 Å². The summed E-state index contributed by atoms with van der Waals surface area (Å²) in [5, 5.41) is 9.56. The molecule has 2 rings (SSSR count). The highest BCUT2D eigenvalue weighted by Gasteiger charge is 2.51. The molecule has 2 aliphatic heterocycles. The minimum absolute atomic E-state index is 0.00117. The standard InChI is InChI=1S/C10H17NO4/c1-10(2,3)15-9(13)11-4-6(12)8-7(5-11)14-8/h6-8,12H,4-5H2,1-3H3/t6-,7+,8-/m0/s1. The van der Waals surface area contributed by atoms with E-state index in [1.165, 1.54) is 4.90 Å². The van der Waals surface area contributed by atoms with Gasteiger partial charge in [-0.1, -0.05) is 0 Å². The quantitative estimate of drug-likeness (QED) is 0.593. The Morgan fingerprint density at radius 3 is 2.67 bits per heavy atom. The Labute approximate surface area is 89.0 Å². The molecule has 0 aromatic carbocycles. The normalized spacial score (nSPS) is 34.7. The van der Waals surface area contributed by atoms with Crippen LogP contribution in [0.1, 0.15) is 20.8 Å².